The van der Waals surface area contributed by atoms with E-state index in [1.54, 1.807) is 24.3 Å². The van der Waals surface area contributed by atoms with E-state index in [1.165, 1.54) is 36.3 Å². The number of hydrogen-bond acceptors (Lipinski definition) is 6. The number of hydrogen-bond donors (Lipinski definition) is 1. The van der Waals surface area contributed by atoms with Crippen LogP contribution < -0.4 is 14.5 Å². The number of aliphatic carboxylic acids is 1. The number of rotatable bonds is 5. The molecule has 0 bridgehead atoms. The third kappa shape index (κ3) is 5.61. The summed E-state index contributed by atoms with van der Waals surface area (Å²) >= 11 is 0. The van der Waals surface area contributed by atoms with Crippen molar-refractivity contribution in [2.75, 3.05) is 43.1 Å². The lowest BCUT2D eigenvalue weighted by Gasteiger charge is -2.45. The van der Waals surface area contributed by atoms with E-state index >= 15 is 0 Å². The maximum atomic E-state index is 13.8. The van der Waals surface area contributed by atoms with Crippen LogP contribution in [0.15, 0.2) is 65.7 Å². The number of halogens is 4. The van der Waals surface area contributed by atoms with E-state index in [0.717, 1.165) is 17.8 Å². The van der Waals surface area contributed by atoms with Crippen molar-refractivity contribution >= 4 is 34.7 Å². The van der Waals surface area contributed by atoms with Crippen LogP contribution in [-0.2, 0) is 11.0 Å². The molecule has 212 valence electrons. The molecule has 0 aromatic heterocycles. The first kappa shape index (κ1) is 27.8. The van der Waals surface area contributed by atoms with Gasteiger partial charge in [0.05, 0.1) is 43.1 Å². The third-order valence-electron chi connectivity index (χ3n) is 7.14. The summed E-state index contributed by atoms with van der Waals surface area (Å²) in [7, 11) is 1.33. The quantitative estimate of drug-likeness (QED) is 0.290. The van der Waals surface area contributed by atoms with E-state index in [2.05, 4.69) is 4.85 Å². The van der Waals surface area contributed by atoms with Gasteiger partial charge < -0.3 is 24.5 Å². The summed E-state index contributed by atoms with van der Waals surface area (Å²) in [4.78, 5) is 25.8. The average Bonchev–Trinajstić information content (AvgIpc) is 2.96. The van der Waals surface area contributed by atoms with Crippen molar-refractivity contribution in [2.24, 2.45) is 4.99 Å². The zero-order valence-corrected chi connectivity index (χ0v) is 21.9. The second-order valence-corrected chi connectivity index (χ2v) is 9.59. The highest BCUT2D eigenvalue weighted by atomic mass is 19.4. The number of fused-ring (bicyclic) bond motifs is 1. The molecule has 2 aliphatic rings. The van der Waals surface area contributed by atoms with E-state index in [0.29, 0.717) is 43.1 Å². The lowest BCUT2D eigenvalue weighted by atomic mass is 9.96. The number of nitrogens with zero attached hydrogens (tertiary/aromatic N) is 5. The van der Waals surface area contributed by atoms with Gasteiger partial charge in [0, 0.05) is 31.9 Å². The smallest absolute Gasteiger partial charge is 0.416 e. The van der Waals surface area contributed by atoms with Crippen LogP contribution in [0.25, 0.3) is 4.85 Å². The summed E-state index contributed by atoms with van der Waals surface area (Å²) in [5, 5.41) is 9.87. The van der Waals surface area contributed by atoms with Crippen molar-refractivity contribution in [3.63, 3.8) is 0 Å². The first-order valence-electron chi connectivity index (χ1n) is 12.7. The summed E-state index contributed by atoms with van der Waals surface area (Å²) < 4.78 is 60.4. The first-order chi connectivity index (χ1) is 19.6. The minimum absolute atomic E-state index is 0.0215. The van der Waals surface area contributed by atoms with Gasteiger partial charge in [-0.15, -0.1) is 0 Å². The Morgan fingerprint density at radius 3 is 2.34 bits per heavy atom. The van der Waals surface area contributed by atoms with Gasteiger partial charge in [-0.25, -0.2) is 14.2 Å². The third-order valence-corrected chi connectivity index (χ3v) is 7.14. The zero-order chi connectivity index (χ0) is 29.3. The van der Waals surface area contributed by atoms with Gasteiger partial charge in [0.25, 0.3) is 0 Å². The number of guanidine groups is 1. The van der Waals surface area contributed by atoms with E-state index < -0.39 is 30.2 Å². The van der Waals surface area contributed by atoms with Crippen LogP contribution in [0, 0.1) is 12.4 Å². The number of carboxylic acids is 1. The van der Waals surface area contributed by atoms with E-state index in [4.69, 9.17) is 16.3 Å². The Bertz CT molecular complexity index is 1530. The number of alkyl halides is 3. The van der Waals surface area contributed by atoms with Gasteiger partial charge in [-0.3, -0.25) is 4.79 Å². The number of benzene rings is 3. The molecule has 0 radical (unpaired) electrons. The van der Waals surface area contributed by atoms with Crippen LogP contribution in [0.4, 0.5) is 40.3 Å². The fraction of sp³-hybridized carbons (Fsp3) is 0.276. The number of carbonyl (C=O) groups is 1. The Morgan fingerprint density at radius 2 is 1.73 bits per heavy atom. The Balaban J connectivity index is 1.62. The van der Waals surface area contributed by atoms with Gasteiger partial charge in [-0.1, -0.05) is 12.1 Å². The molecule has 5 rings (SSSR count). The van der Waals surface area contributed by atoms with Crippen LogP contribution in [-0.4, -0.2) is 55.2 Å². The number of anilines is 2. The number of aliphatic imine (C=N–C) groups is 1. The van der Waals surface area contributed by atoms with Crippen molar-refractivity contribution in [1.82, 2.24) is 4.90 Å². The molecule has 1 fully saturated rings. The molecule has 2 heterocycles. The molecule has 1 unspecified atom stereocenters. The second kappa shape index (κ2) is 11.0. The van der Waals surface area contributed by atoms with Gasteiger partial charge in [0.1, 0.15) is 11.6 Å². The summed E-state index contributed by atoms with van der Waals surface area (Å²) in [6, 6.07) is 12.9. The number of ether oxygens (including phenoxy) is 1. The Morgan fingerprint density at radius 1 is 1.05 bits per heavy atom. The predicted octanol–water partition coefficient (Wildman–Crippen LogP) is 6.25. The molecule has 8 nitrogen and oxygen atoms in total. The van der Waals surface area contributed by atoms with Gasteiger partial charge in [-0.2, -0.15) is 13.2 Å². The molecule has 2 aliphatic heterocycles. The second-order valence-electron chi connectivity index (χ2n) is 9.59. The topological polar surface area (TPSA) is 73.0 Å². The fourth-order valence-electron chi connectivity index (χ4n) is 5.16. The molecule has 1 N–H and O–H groups in total. The largest absolute Gasteiger partial charge is 0.495 e. The van der Waals surface area contributed by atoms with Gasteiger partial charge >= 0.3 is 12.1 Å². The standard InChI is InChI=1S/C29H25F4N5O3/c1-34-20-6-9-22-23(16-20)35-28(37-13-11-36(12-14-37)21-7-4-19(30)5-8-21)38(24(22)17-27(39)40)25-15-18(29(31,32)33)3-10-26(25)41-2/h3-10,15-16,24H,11-14,17H2,2H3,(H,39,40). The van der Waals surface area contributed by atoms with Crippen LogP contribution in [0.1, 0.15) is 23.6 Å². The van der Waals surface area contributed by atoms with Crippen molar-refractivity contribution in [3.8, 4) is 5.75 Å². The van der Waals surface area contributed by atoms with Crippen molar-refractivity contribution in [2.45, 2.75) is 18.6 Å². The van der Waals surface area contributed by atoms with Gasteiger partial charge in [0.15, 0.2) is 5.69 Å². The first-order valence-corrected chi connectivity index (χ1v) is 12.7. The Hall–Kier alpha value is -4.79. The van der Waals surface area contributed by atoms with Crippen molar-refractivity contribution in [1.29, 1.82) is 0 Å². The molecular weight excluding hydrogens is 542 g/mol. The zero-order valence-electron chi connectivity index (χ0n) is 21.9. The molecule has 41 heavy (non-hydrogen) atoms. The Kier molecular flexibility index (Phi) is 7.45. The van der Waals surface area contributed by atoms with Crippen LogP contribution in [0.2, 0.25) is 0 Å². The molecule has 0 saturated carbocycles. The molecule has 3 aromatic carbocycles. The number of carboxylic acid groups (broad SMARTS) is 1. The SMILES string of the molecule is [C-]#[N+]c1ccc2c(c1)N=C(N1CCN(c3ccc(F)cc3)CC1)N(c1cc(C(F)(F)F)ccc1OC)C2CC(=O)O. The fourth-order valence-corrected chi connectivity index (χ4v) is 5.16. The maximum absolute atomic E-state index is 13.8. The summed E-state index contributed by atoms with van der Waals surface area (Å²) in [5.41, 5.74) is 1.07. The highest BCUT2D eigenvalue weighted by Gasteiger charge is 2.39. The van der Waals surface area contributed by atoms with Gasteiger partial charge in [0.2, 0.25) is 5.96 Å². The molecule has 0 amide bonds. The minimum Gasteiger partial charge on any atom is -0.495 e. The monoisotopic (exact) mass is 567 g/mol. The lowest BCUT2D eigenvalue weighted by molar-refractivity contribution is -0.138. The maximum Gasteiger partial charge on any atom is 0.416 e. The van der Waals surface area contributed by atoms with Crippen molar-refractivity contribution in [3.05, 3.63) is 89.0 Å². The molecular formula is C29H25F4N5O3. The van der Waals surface area contributed by atoms with Crippen LogP contribution >= 0.6 is 0 Å². The highest BCUT2D eigenvalue weighted by Crippen LogP contribution is 2.46. The molecule has 1 atom stereocenters. The van der Waals surface area contributed by atoms with Gasteiger partial charge in [-0.05, 0) is 54.1 Å². The van der Waals surface area contributed by atoms with E-state index in [9.17, 15) is 27.5 Å². The average molecular weight is 568 g/mol. The van der Waals surface area contributed by atoms with E-state index in [1.807, 2.05) is 9.80 Å². The summed E-state index contributed by atoms with van der Waals surface area (Å²) in [5.74, 6) is -1.14. The minimum atomic E-state index is -4.65. The molecule has 1 saturated heterocycles. The summed E-state index contributed by atoms with van der Waals surface area (Å²) in [6.45, 7) is 9.19. The molecule has 0 spiro atoms. The normalized spacial score (nSPS) is 17.0. The van der Waals surface area contributed by atoms with Crippen LogP contribution in [0.3, 0.4) is 0 Å². The summed E-state index contributed by atoms with van der Waals surface area (Å²) in [6.07, 6.45) is -5.10. The molecule has 12 heteroatoms. The van der Waals surface area contributed by atoms with Crippen LogP contribution in [0.5, 0.6) is 5.75 Å². The molecule has 0 aliphatic carbocycles. The lowest BCUT2D eigenvalue weighted by Crippen LogP contribution is -2.55. The Labute approximate surface area is 233 Å². The number of methoxy groups -OCH3 is 1. The predicted molar refractivity (Wildman–Crippen MR) is 145 cm³/mol. The highest BCUT2D eigenvalue weighted by molar-refractivity contribution is 6.02. The molecule has 3 aromatic rings. The van der Waals surface area contributed by atoms with E-state index in [-0.39, 0.29) is 23.2 Å². The van der Waals surface area contributed by atoms with Crippen molar-refractivity contribution < 1.29 is 32.2 Å². The number of piperazine rings is 1.